The smallest absolute Gasteiger partial charge is 0.309 e. The monoisotopic (exact) mass is 430 g/mol. The Morgan fingerprint density at radius 1 is 1.47 bits per heavy atom. The number of carbonyl (C=O) groups is 1. The number of carbonyl (C=O) groups excluding carboxylic acids is 1. The minimum absolute atomic E-state index is 0.0666. The highest BCUT2D eigenvalue weighted by molar-refractivity contribution is 6.26. The van der Waals surface area contributed by atoms with Crippen LogP contribution in [0.15, 0.2) is 52.5 Å². The summed E-state index contributed by atoms with van der Waals surface area (Å²) in [5.41, 5.74) is 3.66. The third-order valence-corrected chi connectivity index (χ3v) is 7.39. The van der Waals surface area contributed by atoms with Crippen molar-refractivity contribution in [3.05, 3.63) is 70.9 Å². The number of amides is 1. The van der Waals surface area contributed by atoms with Gasteiger partial charge in [-0.25, -0.2) is 9.37 Å². The van der Waals surface area contributed by atoms with E-state index >= 15 is 0 Å². The molecule has 162 valence electrons. The van der Waals surface area contributed by atoms with Crippen molar-refractivity contribution in [3.63, 3.8) is 0 Å². The molecular formula is C24H24BFN4O2. The number of hydrogen-bond donors (Lipinski definition) is 0. The Morgan fingerprint density at radius 3 is 2.97 bits per heavy atom. The highest BCUT2D eigenvalue weighted by atomic mass is 19.1. The average molecular weight is 430 g/mol. The first-order valence-electron chi connectivity index (χ1n) is 11.0. The molecule has 1 saturated carbocycles. The molecule has 3 aliphatic rings. The van der Waals surface area contributed by atoms with Crippen LogP contribution in [0.25, 0.3) is 5.57 Å². The van der Waals surface area contributed by atoms with Crippen LogP contribution in [0.4, 0.5) is 4.39 Å². The van der Waals surface area contributed by atoms with E-state index in [9.17, 15) is 9.18 Å². The molecule has 0 aromatic carbocycles. The molecule has 2 radical (unpaired) electrons. The summed E-state index contributed by atoms with van der Waals surface area (Å²) in [5, 5.41) is 8.99. The van der Waals surface area contributed by atoms with Crippen molar-refractivity contribution < 1.29 is 13.6 Å². The maximum absolute atomic E-state index is 14.6. The number of hydrogen-bond acceptors (Lipinski definition) is 5. The SMILES string of the molecule is [B]C1=C(c2cc3c(nn2)[C@@]2([C@H](C)N(CC)C(=O)c4ncco4)CC[C@@H]3C2=C)C(F)=CCC1. The lowest BCUT2D eigenvalue weighted by Gasteiger charge is -2.40. The highest BCUT2D eigenvalue weighted by Crippen LogP contribution is 2.62. The Hall–Kier alpha value is -3.03. The van der Waals surface area contributed by atoms with E-state index in [-0.39, 0.29) is 29.6 Å². The van der Waals surface area contributed by atoms with E-state index in [0.717, 1.165) is 29.7 Å². The van der Waals surface area contributed by atoms with Gasteiger partial charge in [0, 0.05) is 24.1 Å². The van der Waals surface area contributed by atoms with Crippen LogP contribution in [0.2, 0.25) is 0 Å². The number of oxazole rings is 1. The van der Waals surface area contributed by atoms with Gasteiger partial charge >= 0.3 is 5.91 Å². The molecule has 2 aromatic rings. The van der Waals surface area contributed by atoms with E-state index in [1.807, 2.05) is 19.9 Å². The zero-order valence-electron chi connectivity index (χ0n) is 18.3. The van der Waals surface area contributed by atoms with Crippen LogP contribution in [-0.2, 0) is 5.41 Å². The molecule has 5 rings (SSSR count). The van der Waals surface area contributed by atoms with Gasteiger partial charge in [-0.05, 0) is 57.2 Å². The Bertz CT molecular complexity index is 1170. The molecule has 0 spiro atoms. The summed E-state index contributed by atoms with van der Waals surface area (Å²) in [7, 11) is 6.12. The van der Waals surface area contributed by atoms with Crippen molar-refractivity contribution in [2.75, 3.05) is 6.54 Å². The molecule has 2 aromatic heterocycles. The summed E-state index contributed by atoms with van der Waals surface area (Å²) in [5.74, 6) is -0.436. The first kappa shape index (κ1) is 20.9. The minimum atomic E-state index is -0.509. The van der Waals surface area contributed by atoms with Crippen LogP contribution >= 0.6 is 0 Å². The Labute approximate surface area is 187 Å². The van der Waals surface area contributed by atoms with Crippen LogP contribution in [0.1, 0.15) is 73.1 Å². The summed E-state index contributed by atoms with van der Waals surface area (Å²) >= 11 is 0. The fraction of sp³-hybridized carbons (Fsp3) is 0.417. The van der Waals surface area contributed by atoms with Crippen molar-refractivity contribution in [2.45, 2.75) is 56.9 Å². The fourth-order valence-electron chi connectivity index (χ4n) is 5.78. The van der Waals surface area contributed by atoms with Gasteiger partial charge in [-0.2, -0.15) is 10.2 Å². The highest BCUT2D eigenvalue weighted by Gasteiger charge is 2.58. The first-order valence-corrected chi connectivity index (χ1v) is 11.0. The lowest BCUT2D eigenvalue weighted by atomic mass is 9.74. The molecule has 1 amide bonds. The fourth-order valence-corrected chi connectivity index (χ4v) is 5.78. The first-order chi connectivity index (χ1) is 15.4. The number of halogens is 1. The number of fused-ring (bicyclic) bond motifs is 5. The number of rotatable bonds is 5. The quantitative estimate of drug-likeness (QED) is 0.525. The summed E-state index contributed by atoms with van der Waals surface area (Å²) in [6, 6.07) is 1.69. The second kappa shape index (κ2) is 7.54. The van der Waals surface area contributed by atoms with Gasteiger partial charge in [0.1, 0.15) is 19.9 Å². The number of nitrogens with zero attached hydrogens (tertiary/aromatic N) is 4. The van der Waals surface area contributed by atoms with Gasteiger partial charge < -0.3 is 9.32 Å². The van der Waals surface area contributed by atoms with Gasteiger partial charge in [-0.3, -0.25) is 4.79 Å². The Balaban J connectivity index is 1.56. The van der Waals surface area contributed by atoms with Gasteiger partial charge in [0.05, 0.1) is 23.0 Å². The molecule has 3 atom stereocenters. The summed E-state index contributed by atoms with van der Waals surface area (Å²) in [6.07, 6.45) is 7.32. The molecule has 2 heterocycles. The minimum Gasteiger partial charge on any atom is -0.441 e. The largest absolute Gasteiger partial charge is 0.441 e. The molecule has 2 bridgehead atoms. The van der Waals surface area contributed by atoms with Gasteiger partial charge in [0.2, 0.25) is 0 Å². The molecule has 32 heavy (non-hydrogen) atoms. The van der Waals surface area contributed by atoms with Gasteiger partial charge in [-0.1, -0.05) is 12.2 Å². The van der Waals surface area contributed by atoms with E-state index in [4.69, 9.17) is 12.3 Å². The predicted octanol–water partition coefficient (Wildman–Crippen LogP) is 4.23. The van der Waals surface area contributed by atoms with Crippen LogP contribution < -0.4 is 0 Å². The lowest BCUT2D eigenvalue weighted by molar-refractivity contribution is 0.0592. The van der Waals surface area contributed by atoms with E-state index in [0.29, 0.717) is 36.1 Å². The van der Waals surface area contributed by atoms with Crippen molar-refractivity contribution in [1.82, 2.24) is 20.1 Å². The van der Waals surface area contributed by atoms with E-state index < -0.39 is 5.41 Å². The number of allylic oxidation sites excluding steroid dienone is 4. The van der Waals surface area contributed by atoms with Crippen LogP contribution in [0.5, 0.6) is 0 Å². The molecule has 1 fully saturated rings. The molecule has 0 N–H and O–H groups in total. The number of aromatic nitrogens is 3. The molecule has 6 nitrogen and oxygen atoms in total. The normalized spacial score (nSPS) is 25.0. The van der Waals surface area contributed by atoms with Gasteiger partial charge in [-0.15, -0.1) is 5.47 Å². The van der Waals surface area contributed by atoms with Crippen molar-refractivity contribution in [2.24, 2.45) is 0 Å². The van der Waals surface area contributed by atoms with Crippen molar-refractivity contribution in [1.29, 1.82) is 0 Å². The Kier molecular flexibility index (Phi) is 4.91. The molecule has 0 saturated heterocycles. The van der Waals surface area contributed by atoms with E-state index in [1.54, 1.807) is 11.0 Å². The van der Waals surface area contributed by atoms with Gasteiger partial charge in [0.25, 0.3) is 5.89 Å². The van der Waals surface area contributed by atoms with Crippen LogP contribution in [-0.4, -0.2) is 46.4 Å². The molecule has 3 aliphatic carbocycles. The number of likely N-dealkylation sites (N-methyl/N-ethyl adjacent to an activating group) is 1. The summed E-state index contributed by atoms with van der Waals surface area (Å²) in [6.45, 7) is 8.87. The zero-order valence-corrected chi connectivity index (χ0v) is 18.3. The maximum atomic E-state index is 14.6. The second-order valence-corrected chi connectivity index (χ2v) is 8.72. The average Bonchev–Trinajstić information content (AvgIpc) is 3.48. The standard InChI is InChI=1S/C24H24BFN4O2/c1-4-30(23(31)22-27-10-11-32-22)14(3)24-9-8-15(13(24)2)16-12-19(28-29-21(16)24)20-17(25)6-5-7-18(20)26/h7,10-12,14-15H,2,4-6,8-9H2,1,3H3/t14-,15+,24-/m0/s1. The van der Waals surface area contributed by atoms with Crippen LogP contribution in [0.3, 0.4) is 0 Å². The van der Waals surface area contributed by atoms with Crippen LogP contribution in [0, 0.1) is 0 Å². The maximum Gasteiger partial charge on any atom is 0.309 e. The van der Waals surface area contributed by atoms with Crippen molar-refractivity contribution in [3.8, 4) is 0 Å². The Morgan fingerprint density at radius 2 is 2.28 bits per heavy atom. The summed E-state index contributed by atoms with van der Waals surface area (Å²) in [4.78, 5) is 18.9. The third-order valence-electron chi connectivity index (χ3n) is 7.39. The van der Waals surface area contributed by atoms with E-state index in [2.05, 4.69) is 21.8 Å². The van der Waals surface area contributed by atoms with Crippen molar-refractivity contribution >= 4 is 19.3 Å². The summed E-state index contributed by atoms with van der Waals surface area (Å²) < 4.78 is 19.8. The van der Waals surface area contributed by atoms with Gasteiger partial charge in [0.15, 0.2) is 0 Å². The van der Waals surface area contributed by atoms with E-state index in [1.165, 1.54) is 12.5 Å². The predicted molar refractivity (Wildman–Crippen MR) is 119 cm³/mol. The molecule has 8 heteroatoms. The second-order valence-electron chi connectivity index (χ2n) is 8.72. The molecule has 0 aliphatic heterocycles. The third kappa shape index (κ3) is 2.78. The molecular weight excluding hydrogens is 406 g/mol. The topological polar surface area (TPSA) is 72.1 Å². The lowest BCUT2D eigenvalue weighted by Crippen LogP contribution is -2.51. The molecule has 0 unspecified atom stereocenters. The zero-order chi connectivity index (χ0) is 22.6.